The number of benzene rings is 2. The van der Waals surface area contributed by atoms with E-state index in [9.17, 15) is 9.59 Å². The zero-order chi connectivity index (χ0) is 24.1. The predicted molar refractivity (Wildman–Crippen MR) is 132 cm³/mol. The lowest BCUT2D eigenvalue weighted by atomic mass is 10.1. The monoisotopic (exact) mass is 477 g/mol. The van der Waals surface area contributed by atoms with Crippen LogP contribution in [0.15, 0.2) is 60.7 Å². The molecule has 3 aromatic rings. The van der Waals surface area contributed by atoms with E-state index in [1.807, 2.05) is 73.1 Å². The second-order valence-electron chi connectivity index (χ2n) is 8.43. The molecular weight excluding hydrogens is 450 g/mol. The molecule has 1 aliphatic heterocycles. The molecule has 1 saturated heterocycles. The van der Waals surface area contributed by atoms with Crippen LogP contribution in [0.3, 0.4) is 0 Å². The van der Waals surface area contributed by atoms with Gasteiger partial charge in [-0.25, -0.2) is 4.79 Å². The highest BCUT2D eigenvalue weighted by atomic mass is 35.5. The molecule has 0 saturated carbocycles. The average molecular weight is 478 g/mol. The molecule has 1 atom stereocenters. The summed E-state index contributed by atoms with van der Waals surface area (Å²) in [7, 11) is 0. The van der Waals surface area contributed by atoms with Crippen LogP contribution in [0.5, 0.6) is 0 Å². The summed E-state index contributed by atoms with van der Waals surface area (Å²) in [6.45, 7) is 5.76. The molecule has 7 heteroatoms. The van der Waals surface area contributed by atoms with E-state index in [1.165, 1.54) is 6.08 Å². The summed E-state index contributed by atoms with van der Waals surface area (Å²) in [5.41, 5.74) is 4.18. The Kier molecular flexibility index (Phi) is 7.48. The van der Waals surface area contributed by atoms with Gasteiger partial charge in [0, 0.05) is 41.0 Å². The lowest BCUT2D eigenvalue weighted by Gasteiger charge is -2.23. The Morgan fingerprint density at radius 3 is 2.44 bits per heavy atom. The number of nitrogens with zero attached hydrogens (tertiary/aromatic N) is 3. The molecule has 4 rings (SSSR count). The average Bonchev–Trinajstić information content (AvgIpc) is 3.47. The number of rotatable bonds is 7. The molecule has 2 heterocycles. The molecule has 0 aliphatic carbocycles. The van der Waals surface area contributed by atoms with Crippen molar-refractivity contribution in [3.63, 3.8) is 0 Å². The van der Waals surface area contributed by atoms with Crippen molar-refractivity contribution < 1.29 is 14.3 Å². The number of aromatic nitrogens is 2. The number of carbonyl (C=O) groups excluding carboxylic acids is 2. The van der Waals surface area contributed by atoms with Gasteiger partial charge in [0.25, 0.3) is 5.91 Å². The number of likely N-dealkylation sites (tertiary alicyclic amines) is 1. The fraction of sp³-hybridized carbons (Fsp3) is 0.296. The number of halogens is 1. The minimum Gasteiger partial charge on any atom is -0.444 e. The molecule has 0 spiro atoms. The molecule has 1 fully saturated rings. The van der Waals surface area contributed by atoms with Crippen molar-refractivity contribution >= 4 is 29.6 Å². The molecule has 34 heavy (non-hydrogen) atoms. The largest absolute Gasteiger partial charge is 0.444 e. The number of ether oxygens (including phenoxy) is 1. The SMILES string of the molecule is Cc1nn(Cc2ccccc2Cl)c(C)c1/C=C/C(=O)O[C@H](C(=O)N1CCCC1)c1ccccc1. The van der Waals surface area contributed by atoms with Gasteiger partial charge in [-0.05, 0) is 44.4 Å². The van der Waals surface area contributed by atoms with E-state index in [0.717, 1.165) is 35.4 Å². The summed E-state index contributed by atoms with van der Waals surface area (Å²) >= 11 is 6.30. The second-order valence-corrected chi connectivity index (χ2v) is 8.83. The van der Waals surface area contributed by atoms with Crippen LogP contribution in [-0.2, 0) is 20.9 Å². The smallest absolute Gasteiger partial charge is 0.331 e. The van der Waals surface area contributed by atoms with Crippen molar-refractivity contribution in [3.05, 3.63) is 93.8 Å². The van der Waals surface area contributed by atoms with E-state index in [0.29, 0.717) is 30.2 Å². The third kappa shape index (κ3) is 5.39. The second kappa shape index (κ2) is 10.7. The standard InChI is InChI=1S/C27H28ClN3O3/c1-19-23(20(2)31(29-19)18-22-12-6-7-13-24(22)28)14-15-25(32)34-26(21-10-4-3-5-11-21)27(33)30-16-8-9-17-30/h3-7,10-15,26H,8-9,16-18H2,1-2H3/b15-14+/t26-/m0/s1. The Labute approximate surface area is 204 Å². The number of hydrogen-bond donors (Lipinski definition) is 0. The van der Waals surface area contributed by atoms with Gasteiger partial charge < -0.3 is 9.64 Å². The quantitative estimate of drug-likeness (QED) is 0.350. The molecule has 6 nitrogen and oxygen atoms in total. The molecule has 2 aromatic carbocycles. The van der Waals surface area contributed by atoms with E-state index in [1.54, 1.807) is 11.0 Å². The number of carbonyl (C=O) groups is 2. The van der Waals surface area contributed by atoms with Crippen molar-refractivity contribution in [2.75, 3.05) is 13.1 Å². The van der Waals surface area contributed by atoms with Crippen LogP contribution in [0.4, 0.5) is 0 Å². The van der Waals surface area contributed by atoms with E-state index < -0.39 is 12.1 Å². The molecule has 0 N–H and O–H groups in total. The lowest BCUT2D eigenvalue weighted by Crippen LogP contribution is -2.34. The Hall–Kier alpha value is -3.38. The molecule has 1 amide bonds. The van der Waals surface area contributed by atoms with Crippen LogP contribution in [0.2, 0.25) is 5.02 Å². The van der Waals surface area contributed by atoms with E-state index in [4.69, 9.17) is 16.3 Å². The first kappa shape index (κ1) is 23.8. The third-order valence-corrected chi connectivity index (χ3v) is 6.45. The van der Waals surface area contributed by atoms with Crippen LogP contribution < -0.4 is 0 Å². The number of aryl methyl sites for hydroxylation is 1. The van der Waals surface area contributed by atoms with E-state index >= 15 is 0 Å². The van der Waals surface area contributed by atoms with Gasteiger partial charge in [0.15, 0.2) is 0 Å². The van der Waals surface area contributed by atoms with E-state index in [2.05, 4.69) is 5.10 Å². The normalized spacial score (nSPS) is 14.5. The van der Waals surface area contributed by atoms with Gasteiger partial charge in [0.2, 0.25) is 6.10 Å². The highest BCUT2D eigenvalue weighted by Crippen LogP contribution is 2.24. The highest BCUT2D eigenvalue weighted by Gasteiger charge is 2.30. The van der Waals surface area contributed by atoms with Crippen LogP contribution in [0, 0.1) is 13.8 Å². The van der Waals surface area contributed by atoms with Gasteiger partial charge in [-0.15, -0.1) is 0 Å². The molecular formula is C27H28ClN3O3. The van der Waals surface area contributed by atoms with Gasteiger partial charge in [-0.1, -0.05) is 60.1 Å². The fourth-order valence-corrected chi connectivity index (χ4v) is 4.39. The molecule has 0 unspecified atom stereocenters. The molecule has 1 aliphatic rings. The first-order valence-corrected chi connectivity index (χ1v) is 11.8. The van der Waals surface area contributed by atoms with Crippen molar-refractivity contribution in [1.82, 2.24) is 14.7 Å². The van der Waals surface area contributed by atoms with Gasteiger partial charge >= 0.3 is 5.97 Å². The minimum atomic E-state index is -0.957. The molecule has 0 bridgehead atoms. The zero-order valence-corrected chi connectivity index (χ0v) is 20.2. The van der Waals surface area contributed by atoms with Crippen molar-refractivity contribution in [3.8, 4) is 0 Å². The van der Waals surface area contributed by atoms with Gasteiger partial charge in [-0.3, -0.25) is 9.48 Å². The number of amides is 1. The minimum absolute atomic E-state index is 0.176. The predicted octanol–water partition coefficient (Wildman–Crippen LogP) is 5.12. The van der Waals surface area contributed by atoms with Gasteiger partial charge in [0.1, 0.15) is 0 Å². The Morgan fingerprint density at radius 2 is 1.74 bits per heavy atom. The highest BCUT2D eigenvalue weighted by molar-refractivity contribution is 6.31. The van der Waals surface area contributed by atoms with Crippen molar-refractivity contribution in [2.24, 2.45) is 0 Å². The molecule has 176 valence electrons. The first-order chi connectivity index (χ1) is 16.4. The Balaban J connectivity index is 1.50. The molecule has 0 radical (unpaired) electrons. The summed E-state index contributed by atoms with van der Waals surface area (Å²) < 4.78 is 7.54. The summed E-state index contributed by atoms with van der Waals surface area (Å²) in [4.78, 5) is 27.6. The third-order valence-electron chi connectivity index (χ3n) is 6.08. The Morgan fingerprint density at radius 1 is 1.06 bits per heavy atom. The van der Waals surface area contributed by atoms with Crippen LogP contribution in [-0.4, -0.2) is 39.6 Å². The summed E-state index contributed by atoms with van der Waals surface area (Å²) in [6.07, 6.45) is 4.05. The van der Waals surface area contributed by atoms with Crippen molar-refractivity contribution in [1.29, 1.82) is 0 Å². The first-order valence-electron chi connectivity index (χ1n) is 11.4. The number of hydrogen-bond acceptors (Lipinski definition) is 4. The summed E-state index contributed by atoms with van der Waals surface area (Å²) in [5.74, 6) is -0.746. The van der Waals surface area contributed by atoms with Crippen molar-refractivity contribution in [2.45, 2.75) is 39.3 Å². The summed E-state index contributed by atoms with van der Waals surface area (Å²) in [5, 5.41) is 5.29. The maximum Gasteiger partial charge on any atom is 0.331 e. The lowest BCUT2D eigenvalue weighted by molar-refractivity contribution is -0.156. The number of esters is 1. The Bertz CT molecular complexity index is 1200. The van der Waals surface area contributed by atoms with Gasteiger partial charge in [0.05, 0.1) is 12.2 Å². The topological polar surface area (TPSA) is 64.4 Å². The fourth-order valence-electron chi connectivity index (χ4n) is 4.19. The maximum atomic E-state index is 13.1. The van der Waals surface area contributed by atoms with Crippen LogP contribution >= 0.6 is 11.6 Å². The van der Waals surface area contributed by atoms with Crippen LogP contribution in [0.25, 0.3) is 6.08 Å². The van der Waals surface area contributed by atoms with Gasteiger partial charge in [-0.2, -0.15) is 5.10 Å². The molecule has 1 aromatic heterocycles. The summed E-state index contributed by atoms with van der Waals surface area (Å²) in [6, 6.07) is 16.8. The van der Waals surface area contributed by atoms with Crippen LogP contribution in [0.1, 0.15) is 47.0 Å². The maximum absolute atomic E-state index is 13.1. The zero-order valence-electron chi connectivity index (χ0n) is 19.4. The van der Waals surface area contributed by atoms with E-state index in [-0.39, 0.29) is 5.91 Å².